The zero-order valence-corrected chi connectivity index (χ0v) is 14.9. The van der Waals surface area contributed by atoms with Crippen molar-refractivity contribution < 1.29 is 27.5 Å². The highest BCUT2D eigenvalue weighted by Gasteiger charge is 2.63. The largest absolute Gasteiger partial charge is 0.463 e. The first-order valence-corrected chi connectivity index (χ1v) is 8.23. The predicted molar refractivity (Wildman–Crippen MR) is 94.4 cm³/mol. The van der Waals surface area contributed by atoms with Crippen LogP contribution >= 0.6 is 11.6 Å². The molecule has 2 aromatic rings. The molecule has 0 aliphatic rings. The van der Waals surface area contributed by atoms with Crippen molar-refractivity contribution in [3.63, 3.8) is 0 Å². The van der Waals surface area contributed by atoms with Gasteiger partial charge in [-0.15, -0.1) is 0 Å². The van der Waals surface area contributed by atoms with Gasteiger partial charge in [-0.3, -0.25) is 4.79 Å². The number of alkyl halides is 3. The van der Waals surface area contributed by atoms with Crippen LogP contribution in [0.1, 0.15) is 17.3 Å². The van der Waals surface area contributed by atoms with E-state index >= 15 is 0 Å². The Kier molecular flexibility index (Phi) is 6.32. The van der Waals surface area contributed by atoms with Gasteiger partial charge in [0.1, 0.15) is 0 Å². The van der Waals surface area contributed by atoms with Crippen LogP contribution in [0, 0.1) is 0 Å². The van der Waals surface area contributed by atoms with E-state index < -0.39 is 23.7 Å². The number of anilines is 1. The molecular weight excluding hydrogens is 385 g/mol. The molecule has 9 heteroatoms. The molecular formula is C18H16ClF3N2O3. The van der Waals surface area contributed by atoms with Crippen molar-refractivity contribution in [2.45, 2.75) is 18.8 Å². The van der Waals surface area contributed by atoms with Gasteiger partial charge in [0.25, 0.3) is 5.91 Å². The van der Waals surface area contributed by atoms with Crippen LogP contribution < -0.4 is 10.6 Å². The zero-order chi connectivity index (χ0) is 20.1. The van der Waals surface area contributed by atoms with Crippen molar-refractivity contribution in [3.8, 4) is 0 Å². The van der Waals surface area contributed by atoms with Crippen molar-refractivity contribution in [2.75, 3.05) is 11.9 Å². The normalized spacial score (nSPS) is 13.4. The summed E-state index contributed by atoms with van der Waals surface area (Å²) in [5.74, 6) is -2.82. The summed E-state index contributed by atoms with van der Waals surface area (Å²) in [6.45, 7) is 1.04. The van der Waals surface area contributed by atoms with Crippen molar-refractivity contribution >= 4 is 29.2 Å². The van der Waals surface area contributed by atoms with Crippen LogP contribution in [0.2, 0.25) is 5.02 Å². The second kappa shape index (κ2) is 8.30. The summed E-state index contributed by atoms with van der Waals surface area (Å²) < 4.78 is 46.7. The summed E-state index contributed by atoms with van der Waals surface area (Å²) >= 11 is 5.92. The molecule has 0 heterocycles. The topological polar surface area (TPSA) is 67.4 Å². The Bertz CT molecular complexity index is 815. The zero-order valence-electron chi connectivity index (χ0n) is 14.1. The van der Waals surface area contributed by atoms with Crippen LogP contribution in [0.4, 0.5) is 18.9 Å². The van der Waals surface area contributed by atoms with Gasteiger partial charge in [-0.1, -0.05) is 41.9 Å². The van der Waals surface area contributed by atoms with E-state index in [1.807, 2.05) is 5.32 Å². The van der Waals surface area contributed by atoms with E-state index in [0.29, 0.717) is 0 Å². The monoisotopic (exact) mass is 400 g/mol. The number of benzene rings is 2. The Morgan fingerprint density at radius 2 is 1.63 bits per heavy atom. The van der Waals surface area contributed by atoms with E-state index in [4.69, 9.17) is 11.6 Å². The Balaban J connectivity index is 2.52. The third-order valence-corrected chi connectivity index (χ3v) is 3.87. The smallest absolute Gasteiger partial charge is 0.441 e. The Labute approximate surface area is 158 Å². The molecule has 2 rings (SSSR count). The predicted octanol–water partition coefficient (Wildman–Crippen LogP) is 4.00. The molecule has 2 aromatic carbocycles. The molecule has 0 aliphatic heterocycles. The molecule has 5 nitrogen and oxygen atoms in total. The van der Waals surface area contributed by atoms with E-state index in [9.17, 15) is 22.8 Å². The van der Waals surface area contributed by atoms with E-state index in [-0.39, 0.29) is 22.9 Å². The number of ether oxygens (including phenoxy) is 1. The number of rotatable bonds is 6. The molecule has 1 amide bonds. The molecule has 0 aromatic heterocycles. The SMILES string of the molecule is CCOC(=O)C(NC(=O)c1ccccc1)(Nc1ccccc1Cl)C(F)(F)F. The summed E-state index contributed by atoms with van der Waals surface area (Å²) in [5, 5.41) is 3.70. The first kappa shape index (κ1) is 20.6. The Morgan fingerprint density at radius 1 is 1.04 bits per heavy atom. The first-order valence-electron chi connectivity index (χ1n) is 7.85. The molecule has 0 radical (unpaired) electrons. The lowest BCUT2D eigenvalue weighted by Crippen LogP contribution is -2.69. The van der Waals surface area contributed by atoms with Gasteiger partial charge in [0.05, 0.1) is 17.3 Å². The van der Waals surface area contributed by atoms with Crippen LogP contribution in [-0.4, -0.2) is 30.3 Å². The van der Waals surface area contributed by atoms with Crippen LogP contribution in [0.5, 0.6) is 0 Å². The fourth-order valence-corrected chi connectivity index (χ4v) is 2.41. The van der Waals surface area contributed by atoms with Crippen molar-refractivity contribution in [3.05, 3.63) is 65.2 Å². The summed E-state index contributed by atoms with van der Waals surface area (Å²) in [5.41, 5.74) is -3.78. The summed E-state index contributed by atoms with van der Waals surface area (Å²) in [6.07, 6.45) is -5.23. The van der Waals surface area contributed by atoms with E-state index in [2.05, 4.69) is 4.74 Å². The number of esters is 1. The van der Waals surface area contributed by atoms with Gasteiger partial charge in [-0.25, -0.2) is 4.79 Å². The maximum absolute atomic E-state index is 14.0. The number of nitrogens with one attached hydrogen (secondary N) is 2. The average molecular weight is 401 g/mol. The minimum Gasteiger partial charge on any atom is -0.463 e. The summed E-state index contributed by atoms with van der Waals surface area (Å²) in [7, 11) is 0. The fourth-order valence-electron chi connectivity index (χ4n) is 2.23. The fraction of sp³-hybridized carbons (Fsp3) is 0.222. The Hall–Kier alpha value is -2.74. The highest BCUT2D eigenvalue weighted by atomic mass is 35.5. The third-order valence-electron chi connectivity index (χ3n) is 3.54. The van der Waals surface area contributed by atoms with E-state index in [0.717, 1.165) is 0 Å². The summed E-state index contributed by atoms with van der Waals surface area (Å²) in [6, 6.07) is 12.7. The van der Waals surface area contributed by atoms with Gasteiger partial charge in [-0.2, -0.15) is 13.2 Å². The molecule has 27 heavy (non-hydrogen) atoms. The maximum atomic E-state index is 14.0. The van der Waals surface area contributed by atoms with Gasteiger partial charge >= 0.3 is 17.8 Å². The quantitative estimate of drug-likeness (QED) is 0.568. The van der Waals surface area contributed by atoms with Gasteiger partial charge < -0.3 is 15.4 Å². The highest BCUT2D eigenvalue weighted by Crippen LogP contribution is 2.35. The lowest BCUT2D eigenvalue weighted by molar-refractivity contribution is -0.204. The van der Waals surface area contributed by atoms with Crippen molar-refractivity contribution in [1.29, 1.82) is 0 Å². The number of amides is 1. The molecule has 0 saturated heterocycles. The molecule has 1 unspecified atom stereocenters. The van der Waals surface area contributed by atoms with Crippen LogP contribution in [0.15, 0.2) is 54.6 Å². The lowest BCUT2D eigenvalue weighted by Gasteiger charge is -2.35. The van der Waals surface area contributed by atoms with Crippen molar-refractivity contribution in [1.82, 2.24) is 5.32 Å². The molecule has 0 fully saturated rings. The van der Waals surface area contributed by atoms with E-state index in [1.165, 1.54) is 55.5 Å². The van der Waals surface area contributed by atoms with Gasteiger partial charge in [0, 0.05) is 5.56 Å². The van der Waals surface area contributed by atoms with Crippen molar-refractivity contribution in [2.24, 2.45) is 0 Å². The molecule has 0 spiro atoms. The molecule has 0 saturated carbocycles. The van der Waals surface area contributed by atoms with Crippen LogP contribution in [0.25, 0.3) is 0 Å². The minimum absolute atomic E-state index is 0.0589. The number of hydrogen-bond acceptors (Lipinski definition) is 4. The molecule has 1 atom stereocenters. The van der Waals surface area contributed by atoms with Crippen LogP contribution in [0.3, 0.4) is 0 Å². The van der Waals surface area contributed by atoms with Gasteiger partial charge in [-0.05, 0) is 31.2 Å². The second-order valence-electron chi connectivity index (χ2n) is 5.39. The molecule has 144 valence electrons. The molecule has 2 N–H and O–H groups in total. The molecule has 0 bridgehead atoms. The number of para-hydroxylation sites is 1. The maximum Gasteiger partial charge on any atom is 0.441 e. The number of halogens is 4. The van der Waals surface area contributed by atoms with Gasteiger partial charge in [0.2, 0.25) is 0 Å². The lowest BCUT2D eigenvalue weighted by atomic mass is 10.1. The first-order chi connectivity index (χ1) is 12.7. The summed E-state index contributed by atoms with van der Waals surface area (Å²) in [4.78, 5) is 24.7. The second-order valence-corrected chi connectivity index (χ2v) is 5.80. The third kappa shape index (κ3) is 4.51. The van der Waals surface area contributed by atoms with Gasteiger partial charge in [0.15, 0.2) is 0 Å². The highest BCUT2D eigenvalue weighted by molar-refractivity contribution is 6.33. The van der Waals surface area contributed by atoms with E-state index in [1.54, 1.807) is 11.4 Å². The minimum atomic E-state index is -5.23. The molecule has 0 aliphatic carbocycles. The number of hydrogen-bond donors (Lipinski definition) is 2. The number of carbonyl (C=O) groups is 2. The standard InChI is InChI=1S/C18H16ClF3N2O3/c1-2-27-16(26)17(18(20,21)22,23-14-11-7-6-10-13(14)19)24-15(25)12-8-4-3-5-9-12/h3-11,23H,2H2,1H3,(H,24,25). The average Bonchev–Trinajstić information content (AvgIpc) is 2.62. The van der Waals surface area contributed by atoms with Crippen LogP contribution in [-0.2, 0) is 9.53 Å². The number of carbonyl (C=O) groups excluding carboxylic acids is 2. The Morgan fingerprint density at radius 3 is 2.19 bits per heavy atom.